The predicted molar refractivity (Wildman–Crippen MR) is 97.5 cm³/mol. The Hall–Kier alpha value is -2.10. The minimum Gasteiger partial charge on any atom is -0.308 e. The number of hydrogen-bond acceptors (Lipinski definition) is 2. The molecule has 2 aromatic rings. The first-order chi connectivity index (χ1) is 11.3. The molecule has 0 radical (unpaired) electrons. The van der Waals surface area contributed by atoms with E-state index >= 15 is 0 Å². The monoisotopic (exact) mass is 325 g/mol. The summed E-state index contributed by atoms with van der Waals surface area (Å²) in [5, 5.41) is 4.34. The van der Waals surface area contributed by atoms with Crippen LogP contribution in [0.3, 0.4) is 0 Å². The molecular weight excluding hydrogens is 298 g/mol. The minimum absolute atomic E-state index is 0.0113. The number of nitrogens with zero attached hydrogens (tertiary/aromatic N) is 3. The molecule has 1 amide bonds. The Bertz CT molecular complexity index is 750. The fourth-order valence-electron chi connectivity index (χ4n) is 3.15. The maximum atomic E-state index is 13.3. The van der Waals surface area contributed by atoms with Crippen LogP contribution in [0.4, 0.5) is 5.69 Å². The van der Waals surface area contributed by atoms with Gasteiger partial charge in [0, 0.05) is 25.5 Å². The third-order valence-corrected chi connectivity index (χ3v) is 4.63. The van der Waals surface area contributed by atoms with Gasteiger partial charge in [-0.05, 0) is 42.7 Å². The molecule has 4 heteroatoms. The first-order valence-corrected chi connectivity index (χ1v) is 8.69. The van der Waals surface area contributed by atoms with Gasteiger partial charge < -0.3 is 4.90 Å². The largest absolute Gasteiger partial charge is 0.308 e. The van der Waals surface area contributed by atoms with Gasteiger partial charge in [-0.2, -0.15) is 5.10 Å². The number of anilines is 1. The molecule has 1 fully saturated rings. The van der Waals surface area contributed by atoms with Crippen molar-refractivity contribution in [2.75, 3.05) is 11.4 Å². The van der Waals surface area contributed by atoms with Gasteiger partial charge in [0.05, 0.1) is 11.3 Å². The standard InChI is InChI=1S/C20H27N3O/c1-14-16(13-22(5)21-14)19(24)23(12-15-10-11-15)18-9-7-6-8-17(18)20(2,3)4/h6-9,13,15H,10-12H2,1-5H3. The highest BCUT2D eigenvalue weighted by Crippen LogP contribution is 2.37. The van der Waals surface area contributed by atoms with Gasteiger partial charge in [0.15, 0.2) is 0 Å². The number of carbonyl (C=O) groups excluding carboxylic acids is 1. The van der Waals surface area contributed by atoms with Crippen LogP contribution in [-0.2, 0) is 12.5 Å². The smallest absolute Gasteiger partial charge is 0.261 e. The van der Waals surface area contributed by atoms with Crippen molar-refractivity contribution >= 4 is 11.6 Å². The molecule has 1 heterocycles. The van der Waals surface area contributed by atoms with E-state index < -0.39 is 0 Å². The Morgan fingerprint density at radius 3 is 2.50 bits per heavy atom. The molecule has 0 aliphatic heterocycles. The zero-order valence-corrected chi connectivity index (χ0v) is 15.3. The second-order valence-electron chi connectivity index (χ2n) is 7.93. The lowest BCUT2D eigenvalue weighted by Gasteiger charge is -2.30. The van der Waals surface area contributed by atoms with E-state index in [9.17, 15) is 4.79 Å². The number of amides is 1. The van der Waals surface area contributed by atoms with E-state index in [0.29, 0.717) is 11.5 Å². The van der Waals surface area contributed by atoms with Crippen LogP contribution >= 0.6 is 0 Å². The molecule has 1 aromatic heterocycles. The quantitative estimate of drug-likeness (QED) is 0.849. The van der Waals surface area contributed by atoms with E-state index in [1.807, 2.05) is 31.1 Å². The molecule has 0 unspecified atom stereocenters. The maximum Gasteiger partial charge on any atom is 0.261 e. The maximum absolute atomic E-state index is 13.3. The third kappa shape index (κ3) is 3.37. The molecule has 0 spiro atoms. The summed E-state index contributed by atoms with van der Waals surface area (Å²) in [5.41, 5.74) is 3.71. The lowest BCUT2D eigenvalue weighted by molar-refractivity contribution is 0.0984. The molecule has 1 aliphatic carbocycles. The highest BCUT2D eigenvalue weighted by atomic mass is 16.2. The molecular formula is C20H27N3O. The Kier molecular flexibility index (Phi) is 4.24. The van der Waals surface area contributed by atoms with Crippen LogP contribution in [0.15, 0.2) is 30.5 Å². The van der Waals surface area contributed by atoms with Gasteiger partial charge in [0.25, 0.3) is 5.91 Å². The summed E-state index contributed by atoms with van der Waals surface area (Å²) < 4.78 is 1.72. The van der Waals surface area contributed by atoms with Gasteiger partial charge in [-0.25, -0.2) is 0 Å². The SMILES string of the molecule is Cc1nn(C)cc1C(=O)N(CC1CC1)c1ccccc1C(C)(C)C. The fraction of sp³-hybridized carbons (Fsp3) is 0.500. The topological polar surface area (TPSA) is 38.1 Å². The van der Waals surface area contributed by atoms with Gasteiger partial charge in [-0.1, -0.05) is 39.0 Å². The van der Waals surface area contributed by atoms with Crippen molar-refractivity contribution in [3.8, 4) is 0 Å². The van der Waals surface area contributed by atoms with Crippen molar-refractivity contribution in [1.29, 1.82) is 0 Å². The molecule has 0 atom stereocenters. The Morgan fingerprint density at radius 1 is 1.29 bits per heavy atom. The Balaban J connectivity index is 2.04. The van der Waals surface area contributed by atoms with Crippen LogP contribution < -0.4 is 4.90 Å². The van der Waals surface area contributed by atoms with Crippen LogP contribution in [0.25, 0.3) is 0 Å². The lowest BCUT2D eigenvalue weighted by atomic mass is 9.85. The molecule has 0 bridgehead atoms. The molecule has 1 aliphatic rings. The molecule has 3 rings (SSSR count). The molecule has 0 N–H and O–H groups in total. The predicted octanol–water partition coefficient (Wildman–Crippen LogP) is 4.08. The summed E-state index contributed by atoms with van der Waals surface area (Å²) in [6, 6.07) is 8.29. The van der Waals surface area contributed by atoms with E-state index in [-0.39, 0.29) is 11.3 Å². The Labute approximate surface area is 144 Å². The molecule has 4 nitrogen and oxygen atoms in total. The van der Waals surface area contributed by atoms with Crippen LogP contribution in [0.5, 0.6) is 0 Å². The second-order valence-corrected chi connectivity index (χ2v) is 7.93. The van der Waals surface area contributed by atoms with Gasteiger partial charge in [0.1, 0.15) is 0 Å². The van der Waals surface area contributed by atoms with Crippen LogP contribution in [0, 0.1) is 12.8 Å². The highest BCUT2D eigenvalue weighted by Gasteiger charge is 2.32. The summed E-state index contributed by atoms with van der Waals surface area (Å²) in [7, 11) is 1.86. The molecule has 24 heavy (non-hydrogen) atoms. The van der Waals surface area contributed by atoms with Crippen LogP contribution in [0.2, 0.25) is 0 Å². The highest BCUT2D eigenvalue weighted by molar-refractivity contribution is 6.07. The van der Waals surface area contributed by atoms with E-state index in [1.165, 1.54) is 18.4 Å². The summed E-state index contributed by atoms with van der Waals surface area (Å²) in [5.74, 6) is 0.683. The zero-order valence-electron chi connectivity index (χ0n) is 15.3. The molecule has 128 valence electrons. The first kappa shape index (κ1) is 16.7. The number of rotatable bonds is 4. The molecule has 0 saturated heterocycles. The van der Waals surface area contributed by atoms with Gasteiger partial charge >= 0.3 is 0 Å². The van der Waals surface area contributed by atoms with E-state index in [2.05, 4.69) is 44.1 Å². The van der Waals surface area contributed by atoms with Crippen molar-refractivity contribution in [2.45, 2.75) is 46.0 Å². The summed E-state index contributed by atoms with van der Waals surface area (Å²) >= 11 is 0. The fourth-order valence-corrected chi connectivity index (χ4v) is 3.15. The number of aryl methyl sites for hydroxylation is 2. The van der Waals surface area contributed by atoms with Crippen molar-refractivity contribution in [2.24, 2.45) is 13.0 Å². The minimum atomic E-state index is -0.0113. The third-order valence-electron chi connectivity index (χ3n) is 4.63. The summed E-state index contributed by atoms with van der Waals surface area (Å²) in [6.07, 6.45) is 4.26. The van der Waals surface area contributed by atoms with Crippen LogP contribution in [0.1, 0.15) is 55.2 Å². The molecule has 1 aromatic carbocycles. The van der Waals surface area contributed by atoms with E-state index in [0.717, 1.165) is 17.9 Å². The van der Waals surface area contributed by atoms with E-state index in [4.69, 9.17) is 0 Å². The average Bonchev–Trinajstić information content (AvgIpc) is 3.26. The first-order valence-electron chi connectivity index (χ1n) is 8.69. The number of para-hydroxylation sites is 1. The van der Waals surface area contributed by atoms with Crippen molar-refractivity contribution in [1.82, 2.24) is 9.78 Å². The van der Waals surface area contributed by atoms with Crippen molar-refractivity contribution in [3.63, 3.8) is 0 Å². The normalized spacial score (nSPS) is 14.7. The number of benzene rings is 1. The second kappa shape index (κ2) is 6.08. The lowest BCUT2D eigenvalue weighted by Crippen LogP contribution is -2.35. The van der Waals surface area contributed by atoms with Gasteiger partial charge in [0.2, 0.25) is 0 Å². The van der Waals surface area contributed by atoms with Gasteiger partial charge in [-0.3, -0.25) is 9.48 Å². The van der Waals surface area contributed by atoms with Crippen LogP contribution in [-0.4, -0.2) is 22.2 Å². The Morgan fingerprint density at radius 2 is 1.96 bits per heavy atom. The van der Waals surface area contributed by atoms with Crippen molar-refractivity contribution in [3.05, 3.63) is 47.3 Å². The van der Waals surface area contributed by atoms with Crippen molar-refractivity contribution < 1.29 is 4.79 Å². The van der Waals surface area contributed by atoms with E-state index in [1.54, 1.807) is 4.68 Å². The average molecular weight is 325 g/mol. The summed E-state index contributed by atoms with van der Waals surface area (Å²) in [6.45, 7) is 9.28. The number of aromatic nitrogens is 2. The number of carbonyl (C=O) groups is 1. The number of hydrogen-bond donors (Lipinski definition) is 0. The van der Waals surface area contributed by atoms with Gasteiger partial charge in [-0.15, -0.1) is 0 Å². The molecule has 1 saturated carbocycles. The summed E-state index contributed by atoms with van der Waals surface area (Å²) in [4.78, 5) is 15.3. The zero-order chi connectivity index (χ0) is 17.5.